The van der Waals surface area contributed by atoms with E-state index in [4.69, 9.17) is 51.6 Å². The fourth-order valence-corrected chi connectivity index (χ4v) is 7.61. The van der Waals surface area contributed by atoms with Crippen molar-refractivity contribution < 1.29 is 53.6 Å². The quantitative estimate of drug-likeness (QED) is 0.0921. The third-order valence-electron chi connectivity index (χ3n) is 10.8. The molecular weight excluding hydrogens is 1220 g/mol. The minimum atomic E-state index is 0. The molecule has 0 aliphatic rings. The van der Waals surface area contributed by atoms with E-state index < -0.39 is 0 Å². The number of hydrogen-bond donors (Lipinski definition) is 0. The van der Waals surface area contributed by atoms with E-state index in [2.05, 4.69) is 11.8 Å². The van der Waals surface area contributed by atoms with Crippen LogP contribution >= 0.6 is 0 Å². The van der Waals surface area contributed by atoms with Gasteiger partial charge in [-0.25, -0.2) is 29.9 Å². The number of rotatable bonds is 6. The second-order valence-electron chi connectivity index (χ2n) is 15.3. The van der Waals surface area contributed by atoms with Crippen molar-refractivity contribution >= 4 is 43.9 Å². The second kappa shape index (κ2) is 22.2. The van der Waals surface area contributed by atoms with Crippen LogP contribution in [0.5, 0.6) is 0 Å². The Morgan fingerprint density at radius 2 is 0.609 bits per heavy atom. The summed E-state index contributed by atoms with van der Waals surface area (Å²) >= 11 is 0. The van der Waals surface area contributed by atoms with Crippen LogP contribution in [0.1, 0.15) is 22.8 Å². The Bertz CT molecular complexity index is 3390. The molecule has 0 saturated carbocycles. The van der Waals surface area contributed by atoms with Crippen LogP contribution in [0.4, 0.5) is 0 Å². The Kier molecular flexibility index (Phi) is 15.3. The van der Waals surface area contributed by atoms with E-state index in [1.807, 2.05) is 206 Å². The van der Waals surface area contributed by atoms with E-state index in [0.29, 0.717) is 41.4 Å². The Balaban J connectivity index is 0.000000164. The molecule has 0 spiro atoms. The Labute approximate surface area is 430 Å². The van der Waals surface area contributed by atoms with E-state index in [1.54, 1.807) is 0 Å². The summed E-state index contributed by atoms with van der Waals surface area (Å²) in [5.74, 6) is 8.42. The maximum absolute atomic E-state index is 7.10. The summed E-state index contributed by atoms with van der Waals surface area (Å²) < 4.78 is 11.3. The zero-order valence-corrected chi connectivity index (χ0v) is 40.8. The summed E-state index contributed by atoms with van der Waals surface area (Å²) in [7, 11) is 0. The molecule has 8 aromatic carbocycles. The maximum atomic E-state index is 7.10. The molecule has 0 amide bonds. The summed E-state index contributed by atoms with van der Waals surface area (Å²) in [6.07, 6.45) is 14.5. The summed E-state index contributed by atoms with van der Waals surface area (Å²) in [4.78, 5) is 28.8. The van der Waals surface area contributed by atoms with Gasteiger partial charge in [-0.2, -0.15) is 0 Å². The number of hydrogen-bond acceptors (Lipinski definition) is 8. The largest absolute Gasteiger partial charge is 1.00 e. The molecule has 0 N–H and O–H groups in total. The molecule has 0 atom stereocenters. The minimum Gasteiger partial charge on any atom is -0.456 e. The molecule has 12 rings (SSSR count). The van der Waals surface area contributed by atoms with Gasteiger partial charge in [0.05, 0.1) is 6.42 Å². The van der Waals surface area contributed by atoms with Gasteiger partial charge in [-0.05, 0) is 24.3 Å². The molecule has 4 aromatic heterocycles. The molecular formula is C59H36Au2N6O2. The van der Waals surface area contributed by atoms with E-state index in [9.17, 15) is 0 Å². The van der Waals surface area contributed by atoms with Gasteiger partial charge in [0.1, 0.15) is 34.0 Å². The summed E-state index contributed by atoms with van der Waals surface area (Å²) in [5.41, 5.74) is 8.73. The van der Waals surface area contributed by atoms with Crippen molar-refractivity contribution in [1.29, 1.82) is 0 Å². The zero-order chi connectivity index (χ0) is 45.4. The molecule has 10 heteroatoms. The van der Waals surface area contributed by atoms with E-state index in [0.717, 1.165) is 77.3 Å². The molecule has 0 unspecified atom stereocenters. The first kappa shape index (κ1) is 47.5. The molecule has 0 saturated heterocycles. The molecule has 69 heavy (non-hydrogen) atoms. The fourth-order valence-electron chi connectivity index (χ4n) is 7.61. The molecule has 336 valence electrons. The van der Waals surface area contributed by atoms with Crippen molar-refractivity contribution in [1.82, 2.24) is 29.9 Å². The van der Waals surface area contributed by atoms with Gasteiger partial charge in [-0.1, -0.05) is 158 Å². The molecule has 8 nitrogen and oxygen atoms in total. The maximum Gasteiger partial charge on any atom is 1.00 e. The van der Waals surface area contributed by atoms with Crippen LogP contribution < -0.4 is 0 Å². The molecule has 0 radical (unpaired) electrons. The van der Waals surface area contributed by atoms with Crippen LogP contribution in [0, 0.1) is 24.7 Å². The van der Waals surface area contributed by atoms with Crippen molar-refractivity contribution in [3.63, 3.8) is 0 Å². The van der Waals surface area contributed by atoms with Crippen LogP contribution in [0.2, 0.25) is 0 Å². The van der Waals surface area contributed by atoms with Crippen LogP contribution in [0.25, 0.3) is 89.4 Å². The third-order valence-corrected chi connectivity index (χ3v) is 10.8. The van der Waals surface area contributed by atoms with Crippen molar-refractivity contribution in [2.45, 2.75) is 6.42 Å². The van der Waals surface area contributed by atoms with Crippen LogP contribution in [0.3, 0.4) is 0 Å². The van der Waals surface area contributed by atoms with E-state index in [1.165, 1.54) is 0 Å². The molecule has 0 aliphatic heterocycles. The number of para-hydroxylation sites is 2. The van der Waals surface area contributed by atoms with Gasteiger partial charge in [0.15, 0.2) is 23.3 Å². The van der Waals surface area contributed by atoms with Crippen molar-refractivity contribution in [2.75, 3.05) is 0 Å². The van der Waals surface area contributed by atoms with Gasteiger partial charge in [0.2, 0.25) is 0 Å². The number of benzene rings is 8. The average molecular weight is 1250 g/mol. The van der Waals surface area contributed by atoms with Crippen molar-refractivity contribution in [3.05, 3.63) is 242 Å². The van der Waals surface area contributed by atoms with Gasteiger partial charge >= 0.3 is 44.8 Å². The Morgan fingerprint density at radius 1 is 0.319 bits per heavy atom. The topological polar surface area (TPSA) is 104 Å². The smallest absolute Gasteiger partial charge is 0.456 e. The Morgan fingerprint density at radius 3 is 0.928 bits per heavy atom. The summed E-state index contributed by atoms with van der Waals surface area (Å²) in [5, 5.41) is 4.26. The number of furan rings is 2. The first-order valence-electron chi connectivity index (χ1n) is 21.5. The number of aromatic nitrogens is 6. The van der Waals surface area contributed by atoms with Gasteiger partial charge in [0, 0.05) is 43.8 Å². The molecule has 0 fully saturated rings. The van der Waals surface area contributed by atoms with Gasteiger partial charge in [-0.3, -0.25) is 11.8 Å². The third kappa shape index (κ3) is 10.9. The fraction of sp³-hybridized carbons (Fsp3) is 0.0169. The average Bonchev–Trinajstić information content (AvgIpc) is 3.97. The van der Waals surface area contributed by atoms with Gasteiger partial charge in [-0.15, -0.1) is 35.4 Å². The van der Waals surface area contributed by atoms with E-state index >= 15 is 0 Å². The second-order valence-corrected chi connectivity index (χ2v) is 15.3. The summed E-state index contributed by atoms with van der Waals surface area (Å²) in [6, 6.07) is 66.8. The Hall–Kier alpha value is -8.02. The van der Waals surface area contributed by atoms with E-state index in [-0.39, 0.29) is 44.8 Å². The van der Waals surface area contributed by atoms with Crippen LogP contribution in [-0.2, 0) is 51.2 Å². The molecule has 12 aromatic rings. The van der Waals surface area contributed by atoms with Gasteiger partial charge < -0.3 is 21.7 Å². The monoisotopic (exact) mass is 1250 g/mol. The molecule has 0 aliphatic carbocycles. The van der Waals surface area contributed by atoms with Crippen molar-refractivity contribution in [2.24, 2.45) is 0 Å². The predicted molar refractivity (Wildman–Crippen MR) is 264 cm³/mol. The SMILES string of the molecule is [Au+].[Au+].[C-]#Cc1ccc2oc3ccccc3c2c1.[C-]#Cc1ccc2oc3ccccc3c2c1.c1ccc(-c2nc(Cc3nc(-c4ccccc4)nc(-c4ccccc4)n3)nc(-c3ccccc3)n2)cc1. The van der Waals surface area contributed by atoms with Crippen molar-refractivity contribution in [3.8, 4) is 57.4 Å². The predicted octanol–water partition coefficient (Wildman–Crippen LogP) is 13.4. The number of fused-ring (bicyclic) bond motifs is 6. The van der Waals surface area contributed by atoms with Gasteiger partial charge in [0.25, 0.3) is 0 Å². The molecule has 0 bridgehead atoms. The first-order valence-corrected chi connectivity index (χ1v) is 21.5. The zero-order valence-electron chi connectivity index (χ0n) is 36.4. The minimum absolute atomic E-state index is 0. The standard InChI is InChI=1S/C31H22N6.2C14H7O.2Au/c1-5-13-22(14-6-1)28-32-26(33-29(36-28)23-15-7-2-8-16-23)21-27-34-30(24-17-9-3-10-18-24)37-31(35-27)25-19-11-4-12-20-25;2*1-2-10-7-8-14-12(9-10)11-5-3-4-6-13(11)15-14;;/h1-20H,21H2;2*3-9H;;/q;2*-1;2*+1. The van der Waals surface area contributed by atoms with Crippen LogP contribution in [0.15, 0.2) is 215 Å². The normalized spacial score (nSPS) is 10.4. The number of nitrogens with zero attached hydrogens (tertiary/aromatic N) is 6. The first-order chi connectivity index (χ1) is 33.1. The molecule has 4 heterocycles. The summed E-state index contributed by atoms with van der Waals surface area (Å²) in [6.45, 7) is 0. The van der Waals surface area contributed by atoms with Crippen LogP contribution in [-0.4, -0.2) is 29.9 Å².